The molecule has 2 heterocycles. The molecule has 1 fully saturated rings. The molecule has 46 heavy (non-hydrogen) atoms. The molecular formula is C33H39N5O8. The third-order valence-corrected chi connectivity index (χ3v) is 7.49. The number of aliphatic hydroxyl groups is 1. The molecule has 0 saturated carbocycles. The smallest absolute Gasteiger partial charge is 0.337 e. The fraction of sp³-hybridized carbons (Fsp3) is 0.273. The number of likely N-dealkylation sites (N-methyl/N-ethyl adjacent to an activating group) is 2. The Morgan fingerprint density at radius 3 is 2.17 bits per heavy atom. The van der Waals surface area contributed by atoms with Crippen LogP contribution in [0, 0.1) is 0 Å². The molecule has 3 aromatic carbocycles. The Hall–Kier alpha value is -5.08. The topological polar surface area (TPSA) is 183 Å². The number of aliphatic hydroxyl groups excluding tert-OH is 1. The van der Waals surface area contributed by atoms with Crippen molar-refractivity contribution in [1.82, 2.24) is 9.80 Å². The number of benzene rings is 3. The van der Waals surface area contributed by atoms with Crippen molar-refractivity contribution in [2.24, 2.45) is 0 Å². The quantitative estimate of drug-likeness (QED) is 0.211. The molecule has 13 nitrogen and oxygen atoms in total. The molecule has 2 amide bonds. The fourth-order valence-corrected chi connectivity index (χ4v) is 4.91. The molecule has 244 valence electrons. The number of esters is 1. The van der Waals surface area contributed by atoms with Gasteiger partial charge in [-0.15, -0.1) is 0 Å². The average molecular weight is 634 g/mol. The number of ether oxygens (including phenoxy) is 1. The molecule has 2 aliphatic rings. The van der Waals surface area contributed by atoms with Gasteiger partial charge in [0.2, 0.25) is 5.91 Å². The Bertz CT molecular complexity index is 1570. The highest BCUT2D eigenvalue weighted by Gasteiger charge is 2.29. The van der Waals surface area contributed by atoms with Crippen molar-refractivity contribution in [1.29, 1.82) is 0 Å². The second-order valence-corrected chi connectivity index (χ2v) is 10.6. The molecule has 5 rings (SSSR count). The number of carboxylic acid groups (broad SMARTS) is 1. The van der Waals surface area contributed by atoms with Crippen molar-refractivity contribution in [3.8, 4) is 0 Å². The number of hydrogen-bond donors (Lipinski definition) is 4. The van der Waals surface area contributed by atoms with E-state index in [0.717, 1.165) is 43.1 Å². The molecule has 0 spiro atoms. The number of methoxy groups -OCH3 is 1. The summed E-state index contributed by atoms with van der Waals surface area (Å²) in [6.07, 6.45) is 0. The van der Waals surface area contributed by atoms with E-state index in [0.29, 0.717) is 34.6 Å². The number of rotatable bonds is 8. The average Bonchev–Trinajstić information content (AvgIpc) is 3.39. The van der Waals surface area contributed by atoms with Gasteiger partial charge in [0.15, 0.2) is 0 Å². The number of amides is 2. The van der Waals surface area contributed by atoms with Crippen LogP contribution in [0.5, 0.6) is 0 Å². The number of anilines is 3. The Morgan fingerprint density at radius 2 is 1.59 bits per heavy atom. The summed E-state index contributed by atoms with van der Waals surface area (Å²) in [4.78, 5) is 53.4. The van der Waals surface area contributed by atoms with Crippen LogP contribution >= 0.6 is 0 Å². The van der Waals surface area contributed by atoms with Crippen LogP contribution in [0.2, 0.25) is 0 Å². The summed E-state index contributed by atoms with van der Waals surface area (Å²) in [5.41, 5.74) is 5.10. The fourth-order valence-electron chi connectivity index (χ4n) is 4.91. The molecule has 3 aromatic rings. The van der Waals surface area contributed by atoms with E-state index in [-0.39, 0.29) is 17.3 Å². The maximum Gasteiger partial charge on any atom is 0.337 e. The lowest BCUT2D eigenvalue weighted by molar-refractivity contribution is -0.140. The van der Waals surface area contributed by atoms with Gasteiger partial charge in [-0.3, -0.25) is 14.5 Å². The van der Waals surface area contributed by atoms with Gasteiger partial charge in [0.25, 0.3) is 5.91 Å². The van der Waals surface area contributed by atoms with Crippen LogP contribution in [0.15, 0.2) is 72.8 Å². The summed E-state index contributed by atoms with van der Waals surface area (Å²) in [5, 5.41) is 21.3. The van der Waals surface area contributed by atoms with Crippen molar-refractivity contribution in [3.63, 3.8) is 0 Å². The summed E-state index contributed by atoms with van der Waals surface area (Å²) in [7, 11) is 5.21. The Morgan fingerprint density at radius 1 is 0.957 bits per heavy atom. The van der Waals surface area contributed by atoms with Crippen molar-refractivity contribution in [3.05, 3.63) is 89.5 Å². The number of carboxylic acids is 1. The molecule has 0 unspecified atom stereocenters. The number of carbonyl (C=O) groups excluding carboxylic acids is 3. The molecule has 0 bridgehead atoms. The predicted octanol–water partition coefficient (Wildman–Crippen LogP) is 1.85. The molecule has 1 saturated heterocycles. The Labute approximate surface area is 267 Å². The number of carbonyl (C=O) groups is 4. The van der Waals surface area contributed by atoms with Crippen molar-refractivity contribution in [2.45, 2.75) is 0 Å². The van der Waals surface area contributed by atoms with Crippen LogP contribution in [0.25, 0.3) is 11.3 Å². The second kappa shape index (κ2) is 16.3. The number of fused-ring (bicyclic) bond motifs is 1. The van der Waals surface area contributed by atoms with Crippen LogP contribution < -0.4 is 15.5 Å². The zero-order valence-corrected chi connectivity index (χ0v) is 25.9. The SMILES string of the molecule is COC(=O)c1ccc2c(c1)NC(=O)C2=C(Nc1ccc(N(C)C(=O)CN2CCN(C)CC2)cc1)c1ccccc1.O.O=C(O)CO. The summed E-state index contributed by atoms with van der Waals surface area (Å²) in [6.45, 7) is 3.31. The van der Waals surface area contributed by atoms with E-state index in [2.05, 4.69) is 27.5 Å². The second-order valence-electron chi connectivity index (χ2n) is 10.6. The predicted molar refractivity (Wildman–Crippen MR) is 175 cm³/mol. The number of aliphatic carboxylic acids is 1. The lowest BCUT2D eigenvalue weighted by Gasteiger charge is -2.32. The highest BCUT2D eigenvalue weighted by atomic mass is 16.5. The van der Waals surface area contributed by atoms with Gasteiger partial charge in [-0.05, 0) is 49.0 Å². The molecular weight excluding hydrogens is 594 g/mol. The van der Waals surface area contributed by atoms with Crippen LogP contribution in [0.3, 0.4) is 0 Å². The Balaban J connectivity index is 0.000000892. The van der Waals surface area contributed by atoms with E-state index in [1.165, 1.54) is 7.11 Å². The van der Waals surface area contributed by atoms with Crippen molar-refractivity contribution >= 4 is 52.1 Å². The van der Waals surface area contributed by atoms with Crippen molar-refractivity contribution in [2.75, 3.05) is 76.1 Å². The number of nitrogens with zero attached hydrogens (tertiary/aromatic N) is 3. The first-order valence-electron chi connectivity index (χ1n) is 14.3. The third-order valence-electron chi connectivity index (χ3n) is 7.49. The standard InChI is InChI=1S/C31H33N5O4.C2H4O3.H2O/c1-34-15-17-36(18-16-34)20-27(37)35(2)24-12-10-23(11-13-24)32-29(21-7-5-4-6-8-21)28-25-14-9-22(31(39)40-3)19-26(25)33-30(28)38;3-1-2(4)5;/h4-14,19,32H,15-18,20H2,1-3H3,(H,33,38);3H,1H2,(H,4,5);1H2. The molecule has 0 radical (unpaired) electrons. The number of hydrogen-bond acceptors (Lipinski definition) is 9. The van der Waals surface area contributed by atoms with Crippen LogP contribution in [0.1, 0.15) is 21.5 Å². The maximum atomic E-state index is 13.2. The molecule has 0 aromatic heterocycles. The van der Waals surface area contributed by atoms with E-state index in [1.807, 2.05) is 54.6 Å². The van der Waals surface area contributed by atoms with E-state index in [4.69, 9.17) is 19.7 Å². The van der Waals surface area contributed by atoms with E-state index in [9.17, 15) is 14.4 Å². The number of nitrogens with one attached hydrogen (secondary N) is 2. The minimum atomic E-state index is -1.19. The van der Waals surface area contributed by atoms with Crippen LogP contribution in [0.4, 0.5) is 17.1 Å². The van der Waals surface area contributed by atoms with Gasteiger partial charge in [0.05, 0.1) is 36.2 Å². The van der Waals surface area contributed by atoms with Gasteiger partial charge in [-0.25, -0.2) is 9.59 Å². The first-order chi connectivity index (χ1) is 21.6. The highest BCUT2D eigenvalue weighted by molar-refractivity contribution is 6.37. The van der Waals surface area contributed by atoms with Gasteiger partial charge in [-0.2, -0.15) is 0 Å². The lowest BCUT2D eigenvalue weighted by Crippen LogP contribution is -2.48. The Kier molecular flexibility index (Phi) is 12.5. The van der Waals surface area contributed by atoms with E-state index >= 15 is 0 Å². The van der Waals surface area contributed by atoms with Gasteiger partial charge >= 0.3 is 11.9 Å². The zero-order valence-electron chi connectivity index (χ0n) is 25.9. The minimum absolute atomic E-state index is 0. The highest BCUT2D eigenvalue weighted by Crippen LogP contribution is 2.38. The normalized spacial score (nSPS) is 15.3. The van der Waals surface area contributed by atoms with Crippen molar-refractivity contribution < 1.29 is 39.6 Å². The lowest BCUT2D eigenvalue weighted by atomic mass is 9.99. The summed E-state index contributed by atoms with van der Waals surface area (Å²) < 4.78 is 4.82. The monoisotopic (exact) mass is 633 g/mol. The summed E-state index contributed by atoms with van der Waals surface area (Å²) >= 11 is 0. The first kappa shape index (κ1) is 35.4. The van der Waals surface area contributed by atoms with E-state index in [1.54, 1.807) is 30.1 Å². The largest absolute Gasteiger partial charge is 0.480 e. The number of piperazine rings is 1. The summed E-state index contributed by atoms with van der Waals surface area (Å²) in [5.74, 6) is -1.88. The molecule has 0 atom stereocenters. The maximum absolute atomic E-state index is 13.2. The zero-order chi connectivity index (χ0) is 32.5. The molecule has 6 N–H and O–H groups in total. The van der Waals surface area contributed by atoms with Gasteiger partial charge < -0.3 is 40.9 Å². The molecule has 13 heteroatoms. The van der Waals surface area contributed by atoms with Gasteiger partial charge in [0.1, 0.15) is 6.61 Å². The van der Waals surface area contributed by atoms with E-state index < -0.39 is 18.5 Å². The summed E-state index contributed by atoms with van der Waals surface area (Å²) in [6, 6.07) is 22.2. The molecule has 0 aliphatic carbocycles. The van der Waals surface area contributed by atoms with Crippen LogP contribution in [-0.4, -0.2) is 110 Å². The minimum Gasteiger partial charge on any atom is -0.480 e. The van der Waals surface area contributed by atoms with Crippen LogP contribution in [-0.2, 0) is 19.1 Å². The van der Waals surface area contributed by atoms with Gasteiger partial charge in [0, 0.05) is 50.2 Å². The first-order valence-corrected chi connectivity index (χ1v) is 14.3. The van der Waals surface area contributed by atoms with Gasteiger partial charge in [-0.1, -0.05) is 36.4 Å². The third kappa shape index (κ3) is 8.76. The molecule has 2 aliphatic heterocycles.